The summed E-state index contributed by atoms with van der Waals surface area (Å²) in [6, 6.07) is 7.75. The van der Waals surface area contributed by atoms with Crippen molar-refractivity contribution < 1.29 is 4.79 Å². The minimum absolute atomic E-state index is 0.158. The average Bonchev–Trinajstić information content (AvgIpc) is 2.95. The lowest BCUT2D eigenvalue weighted by Gasteiger charge is -2.12. The van der Waals surface area contributed by atoms with Crippen LogP contribution in [0.5, 0.6) is 0 Å². The van der Waals surface area contributed by atoms with Gasteiger partial charge in [-0.3, -0.25) is 9.89 Å². The number of hydrogen-bond acceptors (Lipinski definition) is 4. The zero-order valence-electron chi connectivity index (χ0n) is 12.6. The first kappa shape index (κ1) is 15.2. The van der Waals surface area contributed by atoms with Gasteiger partial charge in [-0.15, -0.1) is 5.10 Å². The van der Waals surface area contributed by atoms with Crippen LogP contribution < -0.4 is 11.1 Å². The summed E-state index contributed by atoms with van der Waals surface area (Å²) < 4.78 is 0. The summed E-state index contributed by atoms with van der Waals surface area (Å²) >= 11 is 0. The Morgan fingerprint density at radius 3 is 2.52 bits per heavy atom. The number of carbonyl (C=O) groups excluding carboxylic acids is 1. The summed E-state index contributed by atoms with van der Waals surface area (Å²) in [7, 11) is 0. The van der Waals surface area contributed by atoms with E-state index >= 15 is 0 Å². The molecule has 0 bridgehead atoms. The van der Waals surface area contributed by atoms with Gasteiger partial charge in [-0.2, -0.15) is 0 Å². The molecule has 1 heterocycles. The van der Waals surface area contributed by atoms with E-state index in [0.717, 1.165) is 11.1 Å². The lowest BCUT2D eigenvalue weighted by atomic mass is 9.96. The van der Waals surface area contributed by atoms with E-state index in [1.54, 1.807) is 0 Å². The molecule has 2 rings (SSSR count). The fourth-order valence-corrected chi connectivity index (χ4v) is 1.88. The molecule has 112 valence electrons. The number of nitrogens with one attached hydrogen (secondary N) is 2. The second kappa shape index (κ2) is 6.05. The molecule has 21 heavy (non-hydrogen) atoms. The van der Waals surface area contributed by atoms with Gasteiger partial charge in [0.05, 0.1) is 0 Å². The molecule has 4 N–H and O–H groups in total. The maximum absolute atomic E-state index is 12.1. The quantitative estimate of drug-likeness (QED) is 0.793. The number of nitrogens with two attached hydrogens (primary N) is 1. The molecule has 0 atom stereocenters. The topological polar surface area (TPSA) is 96.7 Å². The molecule has 0 fully saturated rings. The van der Waals surface area contributed by atoms with Crippen LogP contribution in [-0.4, -0.2) is 21.1 Å². The highest BCUT2D eigenvalue weighted by Gasteiger charge is 2.21. The molecule has 0 aliphatic heterocycles. The van der Waals surface area contributed by atoms with Crippen molar-refractivity contribution in [1.29, 1.82) is 0 Å². The highest BCUT2D eigenvalue weighted by Crippen LogP contribution is 2.17. The summed E-state index contributed by atoms with van der Waals surface area (Å²) in [4.78, 5) is 16.3. The molecule has 1 amide bonds. The SMILES string of the molecule is CC(C)(C)c1nc(C(=O)NCc2ccccc2CN)n[nH]1. The molecule has 1 aromatic carbocycles. The normalized spacial score (nSPS) is 11.4. The first-order valence-electron chi connectivity index (χ1n) is 6.89. The van der Waals surface area contributed by atoms with Crippen molar-refractivity contribution in [3.63, 3.8) is 0 Å². The number of hydrogen-bond donors (Lipinski definition) is 3. The maximum Gasteiger partial charge on any atom is 0.291 e. The van der Waals surface area contributed by atoms with Crippen LogP contribution in [0.2, 0.25) is 0 Å². The Morgan fingerprint density at radius 1 is 1.29 bits per heavy atom. The van der Waals surface area contributed by atoms with Gasteiger partial charge in [-0.1, -0.05) is 45.0 Å². The lowest BCUT2D eigenvalue weighted by Crippen LogP contribution is -2.25. The van der Waals surface area contributed by atoms with E-state index in [2.05, 4.69) is 20.5 Å². The third kappa shape index (κ3) is 3.66. The minimum atomic E-state index is -0.298. The largest absolute Gasteiger partial charge is 0.345 e. The fraction of sp³-hybridized carbons (Fsp3) is 0.400. The number of carbonyl (C=O) groups is 1. The molecule has 0 saturated carbocycles. The number of H-pyrrole nitrogens is 1. The second-order valence-electron chi connectivity index (χ2n) is 5.91. The van der Waals surface area contributed by atoms with Crippen molar-refractivity contribution in [2.24, 2.45) is 5.73 Å². The fourth-order valence-electron chi connectivity index (χ4n) is 1.88. The molecule has 1 aromatic heterocycles. The monoisotopic (exact) mass is 287 g/mol. The molecule has 2 aromatic rings. The Labute approximate surface area is 124 Å². The Kier molecular flexibility index (Phi) is 4.37. The summed E-state index contributed by atoms with van der Waals surface area (Å²) in [5.41, 5.74) is 7.52. The van der Waals surface area contributed by atoms with E-state index in [9.17, 15) is 4.79 Å². The maximum atomic E-state index is 12.1. The number of rotatable bonds is 4. The van der Waals surface area contributed by atoms with Crippen LogP contribution in [0.4, 0.5) is 0 Å². The van der Waals surface area contributed by atoms with Crippen LogP contribution in [0.1, 0.15) is 48.3 Å². The predicted molar refractivity (Wildman–Crippen MR) is 80.6 cm³/mol. The third-order valence-corrected chi connectivity index (χ3v) is 3.18. The van der Waals surface area contributed by atoms with Gasteiger partial charge < -0.3 is 11.1 Å². The zero-order chi connectivity index (χ0) is 15.5. The molecule has 0 aliphatic rings. The molecule has 6 nitrogen and oxygen atoms in total. The molecule has 0 aliphatic carbocycles. The Balaban J connectivity index is 2.03. The summed E-state index contributed by atoms with van der Waals surface area (Å²) in [5, 5.41) is 9.59. The van der Waals surface area contributed by atoms with Crippen LogP contribution in [-0.2, 0) is 18.5 Å². The van der Waals surface area contributed by atoms with E-state index < -0.39 is 0 Å². The molecule has 0 radical (unpaired) electrons. The molecular formula is C15H21N5O. The molecule has 0 spiro atoms. The number of benzene rings is 1. The van der Waals surface area contributed by atoms with Crippen molar-refractivity contribution in [1.82, 2.24) is 20.5 Å². The first-order chi connectivity index (χ1) is 9.91. The smallest absolute Gasteiger partial charge is 0.291 e. The Hall–Kier alpha value is -2.21. The van der Waals surface area contributed by atoms with Crippen LogP contribution in [0.25, 0.3) is 0 Å². The van der Waals surface area contributed by atoms with Gasteiger partial charge in [-0.05, 0) is 11.1 Å². The van der Waals surface area contributed by atoms with E-state index in [4.69, 9.17) is 5.73 Å². The van der Waals surface area contributed by atoms with E-state index in [1.165, 1.54) is 0 Å². The van der Waals surface area contributed by atoms with Crippen LogP contribution in [0.15, 0.2) is 24.3 Å². The van der Waals surface area contributed by atoms with E-state index in [0.29, 0.717) is 18.9 Å². The summed E-state index contributed by atoms with van der Waals surface area (Å²) in [5.74, 6) is 0.550. The van der Waals surface area contributed by atoms with Gasteiger partial charge in [0.15, 0.2) is 0 Å². The highest BCUT2D eigenvalue weighted by atomic mass is 16.2. The summed E-state index contributed by atoms with van der Waals surface area (Å²) in [6.07, 6.45) is 0. The molecule has 0 saturated heterocycles. The van der Waals surface area contributed by atoms with Crippen molar-refractivity contribution in [2.75, 3.05) is 0 Å². The summed E-state index contributed by atoms with van der Waals surface area (Å²) in [6.45, 7) is 6.87. The van der Waals surface area contributed by atoms with Crippen LogP contribution in [0.3, 0.4) is 0 Å². The van der Waals surface area contributed by atoms with E-state index in [1.807, 2.05) is 45.0 Å². The van der Waals surface area contributed by atoms with Crippen LogP contribution >= 0.6 is 0 Å². The van der Waals surface area contributed by atoms with Crippen LogP contribution in [0, 0.1) is 0 Å². The second-order valence-corrected chi connectivity index (χ2v) is 5.91. The van der Waals surface area contributed by atoms with Gasteiger partial charge in [0.25, 0.3) is 5.91 Å². The minimum Gasteiger partial charge on any atom is -0.345 e. The van der Waals surface area contributed by atoms with Gasteiger partial charge in [-0.25, -0.2) is 4.98 Å². The Bertz CT molecular complexity index is 627. The average molecular weight is 287 g/mol. The van der Waals surface area contributed by atoms with E-state index in [-0.39, 0.29) is 17.1 Å². The van der Waals surface area contributed by atoms with Crippen molar-refractivity contribution >= 4 is 5.91 Å². The lowest BCUT2D eigenvalue weighted by molar-refractivity contribution is 0.0940. The first-order valence-corrected chi connectivity index (χ1v) is 6.89. The zero-order valence-corrected chi connectivity index (χ0v) is 12.6. The van der Waals surface area contributed by atoms with Crippen molar-refractivity contribution in [3.05, 3.63) is 47.0 Å². The predicted octanol–water partition coefficient (Wildman–Crippen LogP) is 1.49. The Morgan fingerprint density at radius 2 is 1.95 bits per heavy atom. The third-order valence-electron chi connectivity index (χ3n) is 3.18. The molecule has 0 unspecified atom stereocenters. The van der Waals surface area contributed by atoms with Crippen molar-refractivity contribution in [2.45, 2.75) is 39.3 Å². The van der Waals surface area contributed by atoms with Crippen molar-refractivity contribution in [3.8, 4) is 0 Å². The number of nitrogens with zero attached hydrogens (tertiary/aromatic N) is 2. The number of amides is 1. The van der Waals surface area contributed by atoms with Gasteiger partial charge >= 0.3 is 0 Å². The highest BCUT2D eigenvalue weighted by molar-refractivity contribution is 5.90. The van der Waals surface area contributed by atoms with Gasteiger partial charge in [0.2, 0.25) is 5.82 Å². The van der Waals surface area contributed by atoms with Gasteiger partial charge in [0.1, 0.15) is 5.82 Å². The van der Waals surface area contributed by atoms with Gasteiger partial charge in [0, 0.05) is 18.5 Å². The molecular weight excluding hydrogens is 266 g/mol. The molecule has 6 heteroatoms. The standard InChI is InChI=1S/C15H21N5O/c1-15(2,3)14-18-12(19-20-14)13(21)17-9-11-7-5-4-6-10(11)8-16/h4-7H,8-9,16H2,1-3H3,(H,17,21)(H,18,19,20). The number of aromatic nitrogens is 3. The number of aromatic amines is 1.